The van der Waals surface area contributed by atoms with Gasteiger partial charge in [-0.3, -0.25) is 4.79 Å². The molecular formula is C14H26N2O3. The monoisotopic (exact) mass is 270 g/mol. The van der Waals surface area contributed by atoms with Gasteiger partial charge >= 0.3 is 6.09 Å². The maximum absolute atomic E-state index is 12.1. The second-order valence-corrected chi connectivity index (χ2v) is 6.53. The molecule has 1 aliphatic carbocycles. The van der Waals surface area contributed by atoms with E-state index in [-0.39, 0.29) is 18.5 Å². The lowest BCUT2D eigenvalue weighted by molar-refractivity contribution is -0.132. The first-order valence-corrected chi connectivity index (χ1v) is 6.90. The van der Waals surface area contributed by atoms with Crippen molar-refractivity contribution in [3.63, 3.8) is 0 Å². The third-order valence-electron chi connectivity index (χ3n) is 3.05. The first-order chi connectivity index (χ1) is 8.61. The van der Waals surface area contributed by atoms with Crippen molar-refractivity contribution in [2.45, 2.75) is 65.6 Å². The molecule has 19 heavy (non-hydrogen) atoms. The Labute approximate surface area is 115 Å². The highest BCUT2D eigenvalue weighted by Gasteiger charge is 2.41. The molecule has 1 saturated carbocycles. The highest BCUT2D eigenvalue weighted by molar-refractivity contribution is 5.83. The molecule has 1 rings (SSSR count). The molecule has 1 aliphatic rings. The van der Waals surface area contributed by atoms with Crippen LogP contribution in [0.4, 0.5) is 4.79 Å². The number of rotatable bonds is 4. The van der Waals surface area contributed by atoms with Gasteiger partial charge in [-0.05, 0) is 47.0 Å². The minimum atomic E-state index is -0.548. The smallest absolute Gasteiger partial charge is 0.408 e. The molecule has 1 N–H and O–H groups in total. The van der Waals surface area contributed by atoms with Crippen LogP contribution in [0.15, 0.2) is 0 Å². The molecule has 0 saturated heterocycles. The lowest BCUT2D eigenvalue weighted by Gasteiger charge is -2.27. The van der Waals surface area contributed by atoms with Crippen LogP contribution in [-0.4, -0.2) is 41.1 Å². The van der Waals surface area contributed by atoms with Crippen LogP contribution >= 0.6 is 0 Å². The second-order valence-electron chi connectivity index (χ2n) is 6.53. The van der Waals surface area contributed by atoms with Crippen molar-refractivity contribution in [3.05, 3.63) is 0 Å². The molecule has 0 radical (unpaired) electrons. The van der Waals surface area contributed by atoms with Crippen LogP contribution < -0.4 is 5.32 Å². The van der Waals surface area contributed by atoms with Gasteiger partial charge < -0.3 is 15.0 Å². The number of hydrogen-bond donors (Lipinski definition) is 1. The molecule has 110 valence electrons. The maximum atomic E-state index is 12.1. The van der Waals surface area contributed by atoms with Gasteiger partial charge in [-0.15, -0.1) is 0 Å². The fourth-order valence-electron chi connectivity index (χ4n) is 2.10. The molecule has 0 heterocycles. The van der Waals surface area contributed by atoms with Gasteiger partial charge in [0, 0.05) is 12.1 Å². The van der Waals surface area contributed by atoms with E-state index in [1.165, 1.54) is 0 Å². The van der Waals surface area contributed by atoms with E-state index in [0.29, 0.717) is 12.0 Å². The van der Waals surface area contributed by atoms with E-state index in [0.717, 1.165) is 6.42 Å². The SMILES string of the molecule is CC(C)N(C(=O)CNC(=O)OC(C)(C)C)[C@H]1C[C@H]1C. The van der Waals surface area contributed by atoms with Crippen molar-refractivity contribution in [2.24, 2.45) is 5.92 Å². The van der Waals surface area contributed by atoms with Crippen molar-refractivity contribution < 1.29 is 14.3 Å². The average Bonchev–Trinajstić information content (AvgIpc) is 2.89. The van der Waals surface area contributed by atoms with E-state index in [1.54, 1.807) is 20.8 Å². The van der Waals surface area contributed by atoms with Gasteiger partial charge in [-0.1, -0.05) is 6.92 Å². The molecule has 0 unspecified atom stereocenters. The molecule has 1 fully saturated rings. The van der Waals surface area contributed by atoms with Crippen molar-refractivity contribution in [3.8, 4) is 0 Å². The molecule has 5 nitrogen and oxygen atoms in total. The Morgan fingerprint density at radius 2 is 1.89 bits per heavy atom. The first kappa shape index (κ1) is 15.8. The Kier molecular flexibility index (Phi) is 4.82. The third kappa shape index (κ3) is 5.09. The van der Waals surface area contributed by atoms with Crippen LogP contribution in [0.3, 0.4) is 0 Å². The molecule has 0 aliphatic heterocycles. The van der Waals surface area contributed by atoms with Gasteiger partial charge in [0.1, 0.15) is 12.1 Å². The van der Waals surface area contributed by atoms with E-state index in [4.69, 9.17) is 4.74 Å². The number of carbonyl (C=O) groups excluding carboxylic acids is 2. The summed E-state index contributed by atoms with van der Waals surface area (Å²) in [5, 5.41) is 2.52. The van der Waals surface area contributed by atoms with Crippen LogP contribution in [0, 0.1) is 5.92 Å². The van der Waals surface area contributed by atoms with Gasteiger partial charge in [-0.25, -0.2) is 4.79 Å². The molecule has 0 aromatic heterocycles. The highest BCUT2D eigenvalue weighted by Crippen LogP contribution is 2.36. The van der Waals surface area contributed by atoms with E-state index in [1.807, 2.05) is 18.7 Å². The number of nitrogens with one attached hydrogen (secondary N) is 1. The molecular weight excluding hydrogens is 244 g/mol. The standard InChI is InChI=1S/C14H26N2O3/c1-9(2)16(11-7-10(11)3)12(17)8-15-13(18)19-14(4,5)6/h9-11H,7-8H2,1-6H3,(H,15,18)/t10-,11+/m1/s1. The van der Waals surface area contributed by atoms with Crippen LogP contribution in [0.1, 0.15) is 48.0 Å². The maximum Gasteiger partial charge on any atom is 0.408 e. The Bertz CT molecular complexity index is 347. The summed E-state index contributed by atoms with van der Waals surface area (Å²) in [7, 11) is 0. The highest BCUT2D eigenvalue weighted by atomic mass is 16.6. The van der Waals surface area contributed by atoms with E-state index < -0.39 is 11.7 Å². The van der Waals surface area contributed by atoms with Crippen molar-refractivity contribution in [1.82, 2.24) is 10.2 Å². The Morgan fingerprint density at radius 3 is 2.26 bits per heavy atom. The molecule has 0 spiro atoms. The fourth-order valence-corrected chi connectivity index (χ4v) is 2.10. The van der Waals surface area contributed by atoms with E-state index in [9.17, 15) is 9.59 Å². The molecule has 0 aromatic carbocycles. The zero-order valence-corrected chi connectivity index (χ0v) is 12.8. The predicted octanol–water partition coefficient (Wildman–Crippen LogP) is 2.16. The van der Waals surface area contributed by atoms with Crippen molar-refractivity contribution in [1.29, 1.82) is 0 Å². The van der Waals surface area contributed by atoms with Crippen LogP contribution in [0.2, 0.25) is 0 Å². The van der Waals surface area contributed by atoms with Gasteiger partial charge in [0.15, 0.2) is 0 Å². The first-order valence-electron chi connectivity index (χ1n) is 6.90. The van der Waals surface area contributed by atoms with Crippen LogP contribution in [0.25, 0.3) is 0 Å². The summed E-state index contributed by atoms with van der Waals surface area (Å²) >= 11 is 0. The summed E-state index contributed by atoms with van der Waals surface area (Å²) in [6.45, 7) is 11.5. The normalized spacial score (nSPS) is 22.1. The van der Waals surface area contributed by atoms with Crippen LogP contribution in [-0.2, 0) is 9.53 Å². The zero-order valence-electron chi connectivity index (χ0n) is 12.8. The molecule has 0 bridgehead atoms. The summed E-state index contributed by atoms with van der Waals surface area (Å²) in [6, 6.07) is 0.482. The average molecular weight is 270 g/mol. The van der Waals surface area contributed by atoms with E-state index in [2.05, 4.69) is 12.2 Å². The summed E-state index contributed by atoms with van der Waals surface area (Å²) in [5.74, 6) is 0.517. The molecule has 2 atom stereocenters. The van der Waals surface area contributed by atoms with Crippen molar-refractivity contribution >= 4 is 12.0 Å². The molecule has 5 heteroatoms. The molecule has 2 amide bonds. The topological polar surface area (TPSA) is 58.6 Å². The van der Waals surface area contributed by atoms with Crippen molar-refractivity contribution in [2.75, 3.05) is 6.54 Å². The van der Waals surface area contributed by atoms with Crippen LogP contribution in [0.5, 0.6) is 0 Å². The van der Waals surface area contributed by atoms with Gasteiger partial charge in [0.25, 0.3) is 0 Å². The minimum Gasteiger partial charge on any atom is -0.444 e. The minimum absolute atomic E-state index is 0.00366. The number of hydrogen-bond acceptors (Lipinski definition) is 3. The van der Waals surface area contributed by atoms with Gasteiger partial charge in [0.2, 0.25) is 5.91 Å². The summed E-state index contributed by atoms with van der Waals surface area (Å²) in [6.07, 6.45) is 0.504. The van der Waals surface area contributed by atoms with E-state index >= 15 is 0 Å². The lowest BCUT2D eigenvalue weighted by Crippen LogP contribution is -2.46. The Hall–Kier alpha value is -1.26. The second kappa shape index (κ2) is 5.80. The fraction of sp³-hybridized carbons (Fsp3) is 0.857. The molecule has 0 aromatic rings. The van der Waals surface area contributed by atoms with Gasteiger partial charge in [-0.2, -0.15) is 0 Å². The summed E-state index contributed by atoms with van der Waals surface area (Å²) in [4.78, 5) is 25.5. The zero-order chi connectivity index (χ0) is 14.8. The summed E-state index contributed by atoms with van der Waals surface area (Å²) in [5.41, 5.74) is -0.546. The number of alkyl carbamates (subject to hydrolysis) is 1. The lowest BCUT2D eigenvalue weighted by atomic mass is 10.2. The predicted molar refractivity (Wildman–Crippen MR) is 73.8 cm³/mol. The number of nitrogens with zero attached hydrogens (tertiary/aromatic N) is 1. The third-order valence-corrected chi connectivity index (χ3v) is 3.05. The van der Waals surface area contributed by atoms with Gasteiger partial charge in [0.05, 0.1) is 0 Å². The Morgan fingerprint density at radius 1 is 1.37 bits per heavy atom. The summed E-state index contributed by atoms with van der Waals surface area (Å²) < 4.78 is 5.10. The number of amides is 2. The Balaban J connectivity index is 2.43. The number of ether oxygens (including phenoxy) is 1. The largest absolute Gasteiger partial charge is 0.444 e. The quantitative estimate of drug-likeness (QED) is 0.851. The number of carbonyl (C=O) groups is 2.